The van der Waals surface area contributed by atoms with E-state index in [1.54, 1.807) is 22.6 Å². The fraction of sp³-hybridized carbons (Fsp3) is 0. The second-order valence-electron chi connectivity index (χ2n) is 1.87. The number of hydrogen-bond acceptors (Lipinski definition) is 3. The number of aromatic carboxylic acids is 2. The lowest BCUT2D eigenvalue weighted by atomic mass is 10.2. The van der Waals surface area contributed by atoms with Crippen molar-refractivity contribution in [3.8, 4) is 0 Å². The molecule has 0 bridgehead atoms. The van der Waals surface area contributed by atoms with Gasteiger partial charge in [-0.2, -0.15) is 5.10 Å². The lowest BCUT2D eigenvalue weighted by Gasteiger charge is -1.90. The molecule has 3 N–H and O–H groups in total. The highest BCUT2D eigenvalue weighted by molar-refractivity contribution is 14.1. The van der Waals surface area contributed by atoms with Gasteiger partial charge in [-0.1, -0.05) is 0 Å². The molecular formula is C5H3IN2O4. The summed E-state index contributed by atoms with van der Waals surface area (Å²) in [5, 5.41) is 22.6. The summed E-state index contributed by atoms with van der Waals surface area (Å²) in [5.74, 6) is -2.63. The zero-order valence-corrected chi connectivity index (χ0v) is 7.69. The number of nitrogens with one attached hydrogen (secondary N) is 1. The summed E-state index contributed by atoms with van der Waals surface area (Å²) >= 11 is 1.64. The first kappa shape index (κ1) is 8.97. The standard InChI is InChI=1S/C5H3IN2O4/c6-3-1(4(9)10)2(5(11)12)7-8-3/h(H,7,8)(H,9,10)(H,11,12). The molecule has 7 heteroatoms. The Hall–Kier alpha value is -1.12. The van der Waals surface area contributed by atoms with Crippen molar-refractivity contribution in [3.05, 3.63) is 15.0 Å². The van der Waals surface area contributed by atoms with Crippen LogP contribution < -0.4 is 0 Å². The maximum absolute atomic E-state index is 10.5. The number of H-pyrrole nitrogens is 1. The van der Waals surface area contributed by atoms with Crippen LogP contribution in [0.1, 0.15) is 20.8 Å². The van der Waals surface area contributed by atoms with Crippen molar-refractivity contribution in [1.29, 1.82) is 0 Å². The zero-order chi connectivity index (χ0) is 9.30. The van der Waals surface area contributed by atoms with Crippen molar-refractivity contribution in [2.24, 2.45) is 0 Å². The quantitative estimate of drug-likeness (QED) is 0.682. The Balaban J connectivity index is 3.31. The van der Waals surface area contributed by atoms with E-state index in [9.17, 15) is 9.59 Å². The van der Waals surface area contributed by atoms with Gasteiger partial charge in [0.05, 0.1) is 0 Å². The van der Waals surface area contributed by atoms with E-state index in [0.717, 1.165) is 0 Å². The molecule has 0 aliphatic rings. The predicted molar refractivity (Wildman–Crippen MR) is 45.2 cm³/mol. The van der Waals surface area contributed by atoms with Crippen molar-refractivity contribution < 1.29 is 19.8 Å². The van der Waals surface area contributed by atoms with Crippen molar-refractivity contribution in [2.45, 2.75) is 0 Å². The third-order valence-corrected chi connectivity index (χ3v) is 1.93. The number of carboxylic acids is 2. The van der Waals surface area contributed by atoms with E-state index in [1.807, 2.05) is 0 Å². The molecule has 0 saturated carbocycles. The monoisotopic (exact) mass is 282 g/mol. The van der Waals surface area contributed by atoms with Gasteiger partial charge in [-0.05, 0) is 22.6 Å². The SMILES string of the molecule is O=C(O)c1[nH]nc(I)c1C(=O)O. The second kappa shape index (κ2) is 3.09. The van der Waals surface area contributed by atoms with Crippen molar-refractivity contribution in [2.75, 3.05) is 0 Å². The Morgan fingerprint density at radius 1 is 1.33 bits per heavy atom. The van der Waals surface area contributed by atoms with E-state index < -0.39 is 17.6 Å². The Morgan fingerprint density at radius 3 is 2.25 bits per heavy atom. The molecule has 0 radical (unpaired) electrons. The van der Waals surface area contributed by atoms with Crippen LogP contribution in [0.15, 0.2) is 0 Å². The lowest BCUT2D eigenvalue weighted by molar-refractivity contribution is 0.0647. The predicted octanol–water partition coefficient (Wildman–Crippen LogP) is 0.411. The summed E-state index contributed by atoms with van der Waals surface area (Å²) in [5.41, 5.74) is -0.699. The Morgan fingerprint density at radius 2 is 1.92 bits per heavy atom. The summed E-state index contributed by atoms with van der Waals surface area (Å²) in [7, 11) is 0. The number of hydrogen-bond donors (Lipinski definition) is 3. The maximum Gasteiger partial charge on any atom is 0.354 e. The maximum atomic E-state index is 10.5. The molecule has 1 aromatic heterocycles. The number of halogens is 1. The smallest absolute Gasteiger partial charge is 0.354 e. The molecule has 0 saturated heterocycles. The minimum absolute atomic E-state index is 0.137. The highest BCUT2D eigenvalue weighted by Crippen LogP contribution is 2.13. The third kappa shape index (κ3) is 1.40. The van der Waals surface area contributed by atoms with E-state index in [4.69, 9.17) is 10.2 Å². The minimum Gasteiger partial charge on any atom is -0.478 e. The molecule has 0 aliphatic heterocycles. The number of rotatable bonds is 2. The number of carbonyl (C=O) groups is 2. The number of carboxylic acid groups (broad SMARTS) is 2. The zero-order valence-electron chi connectivity index (χ0n) is 5.54. The Labute approximate surface area is 79.7 Å². The molecule has 64 valence electrons. The summed E-state index contributed by atoms with van der Waals surface area (Å²) < 4.78 is 0.137. The fourth-order valence-electron chi connectivity index (χ4n) is 0.670. The topological polar surface area (TPSA) is 103 Å². The lowest BCUT2D eigenvalue weighted by Crippen LogP contribution is -2.07. The van der Waals surface area contributed by atoms with Crippen LogP contribution in [0, 0.1) is 3.70 Å². The van der Waals surface area contributed by atoms with Crippen molar-refractivity contribution in [3.63, 3.8) is 0 Å². The highest BCUT2D eigenvalue weighted by Gasteiger charge is 2.22. The van der Waals surface area contributed by atoms with Gasteiger partial charge in [0, 0.05) is 0 Å². The van der Waals surface area contributed by atoms with Crippen LogP contribution in [0.2, 0.25) is 0 Å². The van der Waals surface area contributed by atoms with Crippen LogP contribution in [-0.2, 0) is 0 Å². The molecule has 1 heterocycles. The molecule has 6 nitrogen and oxygen atoms in total. The first-order chi connectivity index (χ1) is 5.54. The average Bonchev–Trinajstić information content (AvgIpc) is 2.30. The van der Waals surface area contributed by atoms with Crippen LogP contribution in [0.3, 0.4) is 0 Å². The summed E-state index contributed by atoms with van der Waals surface area (Å²) in [6.07, 6.45) is 0. The van der Waals surface area contributed by atoms with Gasteiger partial charge in [0.2, 0.25) is 0 Å². The van der Waals surface area contributed by atoms with Gasteiger partial charge in [0.1, 0.15) is 9.26 Å². The molecule has 0 amide bonds. The van der Waals surface area contributed by atoms with Gasteiger partial charge in [0.15, 0.2) is 5.69 Å². The molecule has 0 aliphatic carbocycles. The van der Waals surface area contributed by atoms with Crippen LogP contribution in [0.25, 0.3) is 0 Å². The molecule has 0 aromatic carbocycles. The molecule has 0 unspecified atom stereocenters. The first-order valence-corrected chi connectivity index (χ1v) is 3.82. The summed E-state index contributed by atoms with van der Waals surface area (Å²) in [4.78, 5) is 20.9. The molecule has 0 spiro atoms. The number of aromatic amines is 1. The average molecular weight is 282 g/mol. The van der Waals surface area contributed by atoms with Crippen LogP contribution in [0.4, 0.5) is 0 Å². The van der Waals surface area contributed by atoms with E-state index in [2.05, 4.69) is 10.2 Å². The van der Waals surface area contributed by atoms with Crippen molar-refractivity contribution >= 4 is 34.5 Å². The highest BCUT2D eigenvalue weighted by atomic mass is 127. The number of aromatic nitrogens is 2. The van der Waals surface area contributed by atoms with Gasteiger partial charge in [0.25, 0.3) is 0 Å². The fourth-order valence-corrected chi connectivity index (χ4v) is 1.29. The molecule has 0 fully saturated rings. The van der Waals surface area contributed by atoms with E-state index in [-0.39, 0.29) is 9.26 Å². The normalized spacial score (nSPS) is 9.75. The summed E-state index contributed by atoms with van der Waals surface area (Å²) in [6.45, 7) is 0. The first-order valence-electron chi connectivity index (χ1n) is 2.74. The van der Waals surface area contributed by atoms with E-state index >= 15 is 0 Å². The second-order valence-corrected chi connectivity index (χ2v) is 2.90. The summed E-state index contributed by atoms with van der Waals surface area (Å²) in [6, 6.07) is 0. The minimum atomic E-state index is -1.33. The molecule has 1 aromatic rings. The van der Waals surface area contributed by atoms with Crippen LogP contribution >= 0.6 is 22.6 Å². The van der Waals surface area contributed by atoms with Crippen LogP contribution in [0.5, 0.6) is 0 Å². The Bertz CT molecular complexity index is 345. The largest absolute Gasteiger partial charge is 0.478 e. The van der Waals surface area contributed by atoms with Gasteiger partial charge in [-0.25, -0.2) is 9.59 Å². The van der Waals surface area contributed by atoms with Crippen LogP contribution in [-0.4, -0.2) is 32.3 Å². The molecule has 12 heavy (non-hydrogen) atoms. The molecular weight excluding hydrogens is 279 g/mol. The molecule has 0 atom stereocenters. The van der Waals surface area contributed by atoms with Gasteiger partial charge in [-0.15, -0.1) is 0 Å². The Kier molecular flexibility index (Phi) is 2.31. The molecule has 1 rings (SSSR count). The van der Waals surface area contributed by atoms with Crippen molar-refractivity contribution in [1.82, 2.24) is 10.2 Å². The number of nitrogens with zero attached hydrogens (tertiary/aromatic N) is 1. The van der Waals surface area contributed by atoms with E-state index in [0.29, 0.717) is 0 Å². The van der Waals surface area contributed by atoms with Gasteiger partial charge >= 0.3 is 11.9 Å². The van der Waals surface area contributed by atoms with Gasteiger partial charge < -0.3 is 10.2 Å². The third-order valence-electron chi connectivity index (χ3n) is 1.15. The van der Waals surface area contributed by atoms with Gasteiger partial charge in [-0.3, -0.25) is 5.10 Å². The van der Waals surface area contributed by atoms with E-state index in [1.165, 1.54) is 0 Å².